The summed E-state index contributed by atoms with van der Waals surface area (Å²) in [5, 5.41) is 9.81. The summed E-state index contributed by atoms with van der Waals surface area (Å²) in [6.07, 6.45) is 1.54. The molecule has 2 aromatic heterocycles. The van der Waals surface area contributed by atoms with Gasteiger partial charge in [-0.3, -0.25) is 10.1 Å². The number of anilines is 2. The van der Waals surface area contributed by atoms with Gasteiger partial charge in [-0.1, -0.05) is 41.9 Å². The quantitative estimate of drug-likeness (QED) is 0.300. The molecule has 186 valence electrons. The lowest BCUT2D eigenvalue weighted by atomic mass is 9.95. The van der Waals surface area contributed by atoms with E-state index >= 15 is 0 Å². The predicted molar refractivity (Wildman–Crippen MR) is 147 cm³/mol. The van der Waals surface area contributed by atoms with Crippen molar-refractivity contribution in [3.8, 4) is 0 Å². The van der Waals surface area contributed by atoms with E-state index in [1.807, 2.05) is 42.5 Å². The molecule has 1 atom stereocenters. The summed E-state index contributed by atoms with van der Waals surface area (Å²) in [5.74, 6) is 0.281. The number of aromatic nitrogens is 2. The van der Waals surface area contributed by atoms with E-state index in [-0.39, 0.29) is 6.01 Å². The molecule has 0 saturated carbocycles. The number of carbonyl (C=O) groups excluding carboxylic acids is 1. The molecule has 0 spiro atoms. The van der Waals surface area contributed by atoms with Gasteiger partial charge in [0.15, 0.2) is 10.6 Å². The molecule has 37 heavy (non-hydrogen) atoms. The Kier molecular flexibility index (Phi) is 6.85. The fourth-order valence-corrected chi connectivity index (χ4v) is 4.28. The Hall–Kier alpha value is -4.28. The highest BCUT2D eigenvalue weighted by molar-refractivity contribution is 7.80. The molecule has 1 aliphatic rings. The molecule has 1 aliphatic heterocycles. The Bertz CT molecular complexity index is 1550. The molecule has 3 N–H and O–H groups in total. The number of guanidine groups is 1. The molecule has 0 aliphatic carbocycles. The van der Waals surface area contributed by atoms with Crippen LogP contribution in [0, 0.1) is 0 Å². The number of nitrogens with one attached hydrogen (secondary N) is 3. The number of carbonyl (C=O) groups is 1. The van der Waals surface area contributed by atoms with Crippen molar-refractivity contribution < 1.29 is 13.9 Å². The summed E-state index contributed by atoms with van der Waals surface area (Å²) < 4.78 is 10.9. The first-order chi connectivity index (χ1) is 17.9. The zero-order valence-corrected chi connectivity index (χ0v) is 21.4. The molecule has 2 aromatic carbocycles. The van der Waals surface area contributed by atoms with Crippen molar-refractivity contribution in [3.63, 3.8) is 0 Å². The lowest BCUT2D eigenvalue weighted by Gasteiger charge is -2.26. The normalized spacial score (nSPS) is 15.1. The van der Waals surface area contributed by atoms with E-state index in [1.54, 1.807) is 31.3 Å². The molecule has 11 heteroatoms. The van der Waals surface area contributed by atoms with E-state index in [4.69, 9.17) is 38.0 Å². The highest BCUT2D eigenvalue weighted by Crippen LogP contribution is 2.35. The van der Waals surface area contributed by atoms with Gasteiger partial charge in [0.1, 0.15) is 17.4 Å². The first-order valence-electron chi connectivity index (χ1n) is 11.2. The number of allylic oxidation sites excluding steroid dienone is 1. The number of fused-ring (bicyclic) bond motifs is 1. The van der Waals surface area contributed by atoms with Gasteiger partial charge in [-0.2, -0.15) is 4.98 Å². The maximum atomic E-state index is 13.5. The second-order valence-electron chi connectivity index (χ2n) is 8.05. The third kappa shape index (κ3) is 5.16. The number of rotatable bonds is 5. The molecule has 0 saturated heterocycles. The Morgan fingerprint density at radius 1 is 1.16 bits per heavy atom. The Balaban J connectivity index is 1.47. The Morgan fingerprint density at radius 2 is 1.95 bits per heavy atom. The number of halogens is 1. The maximum absolute atomic E-state index is 13.5. The SMILES string of the molecule is COC(=S)c1ccnc(NC(=O)C2=C(C)NC(Nc3nc4ccccc4o3)=NC2c2ccccc2Cl)c1. The number of hydrogen-bond acceptors (Lipinski definition) is 9. The minimum atomic E-state index is -0.718. The summed E-state index contributed by atoms with van der Waals surface area (Å²) >= 11 is 11.7. The van der Waals surface area contributed by atoms with Gasteiger partial charge in [0, 0.05) is 28.0 Å². The molecule has 4 aromatic rings. The fraction of sp³-hybridized carbons (Fsp3) is 0.115. The van der Waals surface area contributed by atoms with Gasteiger partial charge in [-0.15, -0.1) is 0 Å². The average Bonchev–Trinajstić information content (AvgIpc) is 3.30. The van der Waals surface area contributed by atoms with E-state index in [2.05, 4.69) is 25.9 Å². The van der Waals surface area contributed by atoms with Crippen molar-refractivity contribution in [1.82, 2.24) is 15.3 Å². The zero-order valence-electron chi connectivity index (χ0n) is 19.8. The molecule has 0 fully saturated rings. The molecule has 5 rings (SSSR count). The predicted octanol–water partition coefficient (Wildman–Crippen LogP) is 5.22. The van der Waals surface area contributed by atoms with Gasteiger partial charge >= 0.3 is 6.01 Å². The highest BCUT2D eigenvalue weighted by Gasteiger charge is 2.31. The molecular weight excluding hydrogens is 512 g/mol. The van der Waals surface area contributed by atoms with Crippen molar-refractivity contribution in [2.45, 2.75) is 13.0 Å². The van der Waals surface area contributed by atoms with Crippen LogP contribution in [0.3, 0.4) is 0 Å². The number of ether oxygens (including phenoxy) is 1. The summed E-state index contributed by atoms with van der Waals surface area (Å²) in [5.41, 5.74) is 3.57. The van der Waals surface area contributed by atoms with Crippen molar-refractivity contribution in [2.75, 3.05) is 17.7 Å². The number of benzene rings is 2. The lowest BCUT2D eigenvalue weighted by molar-refractivity contribution is -0.113. The van der Waals surface area contributed by atoms with E-state index in [1.165, 1.54) is 7.11 Å². The third-order valence-electron chi connectivity index (χ3n) is 5.63. The van der Waals surface area contributed by atoms with Crippen molar-refractivity contribution >= 4 is 63.7 Å². The molecule has 0 bridgehead atoms. The van der Waals surface area contributed by atoms with Gasteiger partial charge in [-0.05, 0) is 49.5 Å². The van der Waals surface area contributed by atoms with Gasteiger partial charge in [0.2, 0.25) is 5.96 Å². The smallest absolute Gasteiger partial charge is 0.302 e. The minimum absolute atomic E-state index is 0.265. The number of para-hydroxylation sites is 2. The van der Waals surface area contributed by atoms with E-state index < -0.39 is 11.9 Å². The van der Waals surface area contributed by atoms with E-state index in [0.29, 0.717) is 55.3 Å². The van der Waals surface area contributed by atoms with E-state index in [9.17, 15) is 4.79 Å². The number of nitrogens with zero attached hydrogens (tertiary/aromatic N) is 3. The van der Waals surface area contributed by atoms with Crippen LogP contribution >= 0.6 is 23.8 Å². The summed E-state index contributed by atoms with van der Waals surface area (Å²) in [4.78, 5) is 27.0. The Labute approximate surface area is 222 Å². The highest BCUT2D eigenvalue weighted by atomic mass is 35.5. The maximum Gasteiger partial charge on any atom is 0.302 e. The molecule has 1 unspecified atom stereocenters. The van der Waals surface area contributed by atoms with Crippen LogP contribution in [-0.2, 0) is 9.53 Å². The fourth-order valence-electron chi connectivity index (χ4n) is 3.91. The van der Waals surface area contributed by atoms with Crippen molar-refractivity contribution in [1.29, 1.82) is 0 Å². The number of thiocarbonyl (C=S) groups is 1. The first-order valence-corrected chi connectivity index (χ1v) is 12.0. The Morgan fingerprint density at radius 3 is 2.73 bits per heavy atom. The molecule has 1 amide bonds. The summed E-state index contributed by atoms with van der Waals surface area (Å²) in [6, 6.07) is 17.6. The van der Waals surface area contributed by atoms with Gasteiger partial charge in [0.25, 0.3) is 5.91 Å². The summed E-state index contributed by atoms with van der Waals surface area (Å²) in [6.45, 7) is 1.78. The molecule has 9 nitrogen and oxygen atoms in total. The number of methoxy groups -OCH3 is 1. The summed E-state index contributed by atoms with van der Waals surface area (Å²) in [7, 11) is 1.49. The lowest BCUT2D eigenvalue weighted by Crippen LogP contribution is -2.37. The van der Waals surface area contributed by atoms with Crippen LogP contribution in [0.1, 0.15) is 24.1 Å². The topological polar surface area (TPSA) is 114 Å². The van der Waals surface area contributed by atoms with Crippen LogP contribution < -0.4 is 16.0 Å². The largest absolute Gasteiger partial charge is 0.486 e. The molecular formula is C26H21ClN6O3S. The van der Waals surface area contributed by atoms with Crippen LogP contribution in [-0.4, -0.2) is 34.0 Å². The van der Waals surface area contributed by atoms with Crippen LogP contribution in [0.5, 0.6) is 0 Å². The van der Waals surface area contributed by atoms with E-state index in [0.717, 1.165) is 0 Å². The van der Waals surface area contributed by atoms with Crippen molar-refractivity contribution in [2.24, 2.45) is 4.99 Å². The van der Waals surface area contributed by atoms with Gasteiger partial charge in [0.05, 0.1) is 12.7 Å². The number of aliphatic imine (C=N–C) groups is 1. The first kappa shape index (κ1) is 24.4. The number of amides is 1. The minimum Gasteiger partial charge on any atom is -0.486 e. The van der Waals surface area contributed by atoms with Crippen LogP contribution in [0.4, 0.5) is 11.8 Å². The standard InChI is InChI=1S/C26H21ClN6O3S/c1-14-21(23(34)31-20-13-15(11-12-28-20)24(37)35-2)22(16-7-3-4-8-17(16)27)32-25(29-14)33-26-30-18-9-5-6-10-19(18)36-26/h3-13,22H,1-2H3,(H,28,31,34)(H2,29,30,32,33). The third-order valence-corrected chi connectivity index (χ3v) is 6.37. The second-order valence-corrected chi connectivity index (χ2v) is 8.83. The van der Waals surface area contributed by atoms with Gasteiger partial charge < -0.3 is 19.8 Å². The molecule has 3 heterocycles. The number of hydrogen-bond donors (Lipinski definition) is 3. The van der Waals surface area contributed by atoms with Crippen LogP contribution in [0.15, 0.2) is 87.5 Å². The molecule has 0 radical (unpaired) electrons. The van der Waals surface area contributed by atoms with Crippen molar-refractivity contribution in [3.05, 3.63) is 94.3 Å². The number of pyridine rings is 1. The average molecular weight is 533 g/mol. The van der Waals surface area contributed by atoms with Crippen LogP contribution in [0.2, 0.25) is 5.02 Å². The second kappa shape index (κ2) is 10.4. The van der Waals surface area contributed by atoms with Crippen LogP contribution in [0.25, 0.3) is 11.1 Å². The van der Waals surface area contributed by atoms with Gasteiger partial charge in [-0.25, -0.2) is 9.98 Å². The monoisotopic (exact) mass is 532 g/mol. The number of oxazole rings is 1. The zero-order chi connectivity index (χ0) is 25.9.